The van der Waals surface area contributed by atoms with Crippen LogP contribution in [0.5, 0.6) is 0 Å². The zero-order valence-electron chi connectivity index (χ0n) is 17.0. The Hall–Kier alpha value is -1.77. The highest BCUT2D eigenvalue weighted by molar-refractivity contribution is 7.18. The number of fused-ring (bicyclic) bond motifs is 1. The van der Waals surface area contributed by atoms with Gasteiger partial charge in [-0.05, 0) is 32.3 Å². The number of ether oxygens (including phenoxy) is 1. The zero-order valence-corrected chi connectivity index (χ0v) is 17.8. The van der Waals surface area contributed by atoms with E-state index < -0.39 is 0 Å². The Morgan fingerprint density at radius 1 is 1.18 bits per heavy atom. The fourth-order valence-electron chi connectivity index (χ4n) is 4.05. The Balaban J connectivity index is 1.61. The van der Waals surface area contributed by atoms with Crippen molar-refractivity contribution in [3.63, 3.8) is 0 Å². The van der Waals surface area contributed by atoms with Gasteiger partial charge in [0.05, 0.1) is 25.1 Å². The molecule has 7 nitrogen and oxygen atoms in total. The number of aryl methyl sites for hydroxylation is 2. The van der Waals surface area contributed by atoms with Gasteiger partial charge in [-0.15, -0.1) is 11.3 Å². The Morgan fingerprint density at radius 2 is 1.89 bits per heavy atom. The van der Waals surface area contributed by atoms with E-state index in [-0.39, 0.29) is 11.9 Å². The van der Waals surface area contributed by atoms with E-state index in [1.165, 1.54) is 15.8 Å². The molecule has 0 unspecified atom stereocenters. The number of piperidine rings is 1. The van der Waals surface area contributed by atoms with Gasteiger partial charge in [-0.1, -0.05) is 0 Å². The van der Waals surface area contributed by atoms with Crippen molar-refractivity contribution in [3.05, 3.63) is 16.3 Å². The van der Waals surface area contributed by atoms with Crippen LogP contribution < -0.4 is 10.2 Å². The lowest BCUT2D eigenvalue weighted by atomic mass is 10.0. The van der Waals surface area contributed by atoms with E-state index in [0.29, 0.717) is 0 Å². The number of nitrogens with one attached hydrogen (secondary N) is 1. The standard InChI is InChI=1S/C20H29N5O2S/c1-13-14(2)28-20-18(13)19(25-6-4-16(5-7-25)21-15(3)26)22-17(23-20)12-24-8-10-27-11-9-24/h16H,4-12H2,1-3H3,(H,21,26). The van der Waals surface area contributed by atoms with Crippen LogP contribution in [0.15, 0.2) is 0 Å². The van der Waals surface area contributed by atoms with Gasteiger partial charge in [0.15, 0.2) is 0 Å². The molecule has 0 saturated carbocycles. The molecule has 1 amide bonds. The number of carbonyl (C=O) groups is 1. The summed E-state index contributed by atoms with van der Waals surface area (Å²) < 4.78 is 5.46. The van der Waals surface area contributed by atoms with E-state index in [9.17, 15) is 4.79 Å². The zero-order chi connectivity index (χ0) is 19.7. The molecule has 2 aromatic rings. The lowest BCUT2D eigenvalue weighted by molar-refractivity contribution is -0.119. The molecule has 28 heavy (non-hydrogen) atoms. The summed E-state index contributed by atoms with van der Waals surface area (Å²) in [6.45, 7) is 11.9. The molecule has 0 aromatic carbocycles. The number of nitrogens with zero attached hydrogens (tertiary/aromatic N) is 4. The Bertz CT molecular complexity index is 854. The number of anilines is 1. The summed E-state index contributed by atoms with van der Waals surface area (Å²) in [4.78, 5) is 28.4. The third-order valence-corrected chi connectivity index (χ3v) is 6.83. The minimum absolute atomic E-state index is 0.0555. The highest BCUT2D eigenvalue weighted by Crippen LogP contribution is 2.36. The number of rotatable bonds is 4. The lowest BCUT2D eigenvalue weighted by Crippen LogP contribution is -2.44. The van der Waals surface area contributed by atoms with Gasteiger partial charge in [0, 0.05) is 44.0 Å². The molecule has 4 rings (SSSR count). The second-order valence-corrected chi connectivity index (χ2v) is 8.98. The maximum Gasteiger partial charge on any atom is 0.217 e. The van der Waals surface area contributed by atoms with Crippen LogP contribution in [0.3, 0.4) is 0 Å². The maximum atomic E-state index is 11.4. The van der Waals surface area contributed by atoms with Crippen molar-refractivity contribution in [2.45, 2.75) is 46.2 Å². The fourth-order valence-corrected chi connectivity index (χ4v) is 5.10. The van der Waals surface area contributed by atoms with E-state index in [0.717, 1.165) is 75.3 Å². The minimum Gasteiger partial charge on any atom is -0.379 e. The van der Waals surface area contributed by atoms with Crippen LogP contribution in [0.2, 0.25) is 0 Å². The van der Waals surface area contributed by atoms with Gasteiger partial charge >= 0.3 is 0 Å². The summed E-state index contributed by atoms with van der Waals surface area (Å²) >= 11 is 1.76. The molecule has 0 atom stereocenters. The molecule has 2 saturated heterocycles. The molecule has 0 bridgehead atoms. The molecule has 0 radical (unpaired) electrons. The Labute approximate surface area is 170 Å². The molecule has 4 heterocycles. The van der Waals surface area contributed by atoms with Crippen LogP contribution in [-0.4, -0.2) is 66.2 Å². The normalized spacial score (nSPS) is 19.3. The third kappa shape index (κ3) is 4.14. The topological polar surface area (TPSA) is 70.6 Å². The van der Waals surface area contributed by atoms with Crippen molar-refractivity contribution < 1.29 is 9.53 Å². The molecule has 0 aliphatic carbocycles. The quantitative estimate of drug-likeness (QED) is 0.844. The molecule has 2 fully saturated rings. The number of hydrogen-bond donors (Lipinski definition) is 1. The third-order valence-electron chi connectivity index (χ3n) is 5.73. The summed E-state index contributed by atoms with van der Waals surface area (Å²) in [6, 6.07) is 0.268. The van der Waals surface area contributed by atoms with Crippen molar-refractivity contribution in [2.24, 2.45) is 0 Å². The van der Waals surface area contributed by atoms with Crippen LogP contribution >= 0.6 is 11.3 Å². The van der Waals surface area contributed by atoms with Crippen LogP contribution in [0, 0.1) is 13.8 Å². The summed E-state index contributed by atoms with van der Waals surface area (Å²) in [7, 11) is 0. The van der Waals surface area contributed by atoms with E-state index >= 15 is 0 Å². The Kier molecular flexibility index (Phi) is 5.80. The van der Waals surface area contributed by atoms with Crippen LogP contribution in [0.1, 0.15) is 36.0 Å². The summed E-state index contributed by atoms with van der Waals surface area (Å²) in [5.41, 5.74) is 1.29. The number of hydrogen-bond acceptors (Lipinski definition) is 7. The van der Waals surface area contributed by atoms with Gasteiger partial charge in [-0.25, -0.2) is 9.97 Å². The van der Waals surface area contributed by atoms with Crippen LogP contribution in [0.25, 0.3) is 10.2 Å². The van der Waals surface area contributed by atoms with Gasteiger partial charge in [0.1, 0.15) is 16.5 Å². The maximum absolute atomic E-state index is 11.4. The van der Waals surface area contributed by atoms with Crippen molar-refractivity contribution >= 4 is 33.3 Å². The Morgan fingerprint density at radius 3 is 2.57 bits per heavy atom. The number of carbonyl (C=O) groups excluding carboxylic acids is 1. The smallest absolute Gasteiger partial charge is 0.217 e. The average Bonchev–Trinajstić information content (AvgIpc) is 2.96. The van der Waals surface area contributed by atoms with Gasteiger partial charge in [0.25, 0.3) is 0 Å². The van der Waals surface area contributed by atoms with Crippen molar-refractivity contribution in [3.8, 4) is 0 Å². The summed E-state index contributed by atoms with van der Waals surface area (Å²) in [5, 5.41) is 4.26. The second kappa shape index (κ2) is 8.31. The molecule has 8 heteroatoms. The molecule has 2 aromatic heterocycles. The first kappa shape index (κ1) is 19.5. The largest absolute Gasteiger partial charge is 0.379 e. The number of thiophene rings is 1. The number of amides is 1. The van der Waals surface area contributed by atoms with Crippen molar-refractivity contribution in [2.75, 3.05) is 44.3 Å². The highest BCUT2D eigenvalue weighted by Gasteiger charge is 2.25. The van der Waals surface area contributed by atoms with Crippen molar-refractivity contribution in [1.82, 2.24) is 20.2 Å². The lowest BCUT2D eigenvalue weighted by Gasteiger charge is -2.34. The molecule has 152 valence electrons. The summed E-state index contributed by atoms with van der Waals surface area (Å²) in [6.07, 6.45) is 1.90. The second-order valence-electron chi connectivity index (χ2n) is 7.78. The number of aromatic nitrogens is 2. The molecule has 0 spiro atoms. The number of morpholine rings is 1. The van der Waals surface area contributed by atoms with Gasteiger partial charge in [0.2, 0.25) is 5.91 Å². The van der Waals surface area contributed by atoms with E-state index in [4.69, 9.17) is 14.7 Å². The van der Waals surface area contributed by atoms with Crippen LogP contribution in [0.4, 0.5) is 5.82 Å². The predicted octanol–water partition coefficient (Wildman–Crippen LogP) is 2.25. The SMILES string of the molecule is CC(=O)NC1CCN(c2nc(CN3CCOCC3)nc3sc(C)c(C)c23)CC1. The average molecular weight is 404 g/mol. The highest BCUT2D eigenvalue weighted by atomic mass is 32.1. The molecule has 1 N–H and O–H groups in total. The first-order valence-electron chi connectivity index (χ1n) is 10.1. The van der Waals surface area contributed by atoms with Gasteiger partial charge < -0.3 is 15.0 Å². The molecular formula is C20H29N5O2S. The van der Waals surface area contributed by atoms with E-state index in [1.54, 1.807) is 18.3 Å². The van der Waals surface area contributed by atoms with Crippen LogP contribution in [-0.2, 0) is 16.1 Å². The molecular weight excluding hydrogens is 374 g/mol. The van der Waals surface area contributed by atoms with E-state index in [2.05, 4.69) is 29.0 Å². The minimum atomic E-state index is 0.0555. The van der Waals surface area contributed by atoms with Gasteiger partial charge in [-0.3, -0.25) is 9.69 Å². The fraction of sp³-hybridized carbons (Fsp3) is 0.650. The predicted molar refractivity (Wildman–Crippen MR) is 112 cm³/mol. The van der Waals surface area contributed by atoms with E-state index in [1.807, 2.05) is 0 Å². The monoisotopic (exact) mass is 403 g/mol. The molecule has 2 aliphatic heterocycles. The van der Waals surface area contributed by atoms with Crippen molar-refractivity contribution in [1.29, 1.82) is 0 Å². The first-order chi connectivity index (χ1) is 13.5. The first-order valence-corrected chi connectivity index (χ1v) is 10.9. The summed E-state index contributed by atoms with van der Waals surface area (Å²) in [5.74, 6) is 2.02. The van der Waals surface area contributed by atoms with Gasteiger partial charge in [-0.2, -0.15) is 0 Å². The molecule has 2 aliphatic rings.